The molecule has 0 amide bonds. The Balaban J connectivity index is 1.51. The zero-order valence-corrected chi connectivity index (χ0v) is 20.2. The van der Waals surface area contributed by atoms with Crippen molar-refractivity contribution in [1.82, 2.24) is 9.80 Å². The van der Waals surface area contributed by atoms with Crippen LogP contribution < -0.4 is 4.74 Å². The standard InChI is InChI=1S/C26H35BrN2O2/c1-28-14-16-29(17-15-28)24(19-26(30)12-6-3-7-13-26)22-10-11-25(23(27)18-22)31-20-21-8-4-2-5-9-21/h2,4-5,8-11,18,24,30H,3,6-7,12-17,19-20H2,1H3/t24-/m0/s1. The van der Waals surface area contributed by atoms with Gasteiger partial charge in [0.1, 0.15) is 12.4 Å². The Labute approximate surface area is 195 Å². The number of ether oxygens (including phenoxy) is 1. The monoisotopic (exact) mass is 486 g/mol. The van der Waals surface area contributed by atoms with Gasteiger partial charge in [0.15, 0.2) is 0 Å². The third-order valence-electron chi connectivity index (χ3n) is 6.91. The maximum atomic E-state index is 11.3. The molecule has 5 heteroatoms. The van der Waals surface area contributed by atoms with E-state index in [1.807, 2.05) is 18.2 Å². The van der Waals surface area contributed by atoms with Crippen molar-refractivity contribution in [3.63, 3.8) is 0 Å². The summed E-state index contributed by atoms with van der Waals surface area (Å²) in [6.07, 6.45) is 6.20. The van der Waals surface area contributed by atoms with Gasteiger partial charge in [0, 0.05) is 32.2 Å². The molecule has 1 heterocycles. The number of hydrogen-bond acceptors (Lipinski definition) is 4. The Bertz CT molecular complexity index is 831. The highest BCUT2D eigenvalue weighted by atomic mass is 79.9. The number of rotatable bonds is 7. The molecule has 0 spiro atoms. The summed E-state index contributed by atoms with van der Waals surface area (Å²) >= 11 is 3.75. The minimum atomic E-state index is -0.540. The van der Waals surface area contributed by atoms with Gasteiger partial charge in [0.25, 0.3) is 0 Å². The van der Waals surface area contributed by atoms with Gasteiger partial charge >= 0.3 is 0 Å². The van der Waals surface area contributed by atoms with Crippen molar-refractivity contribution in [1.29, 1.82) is 0 Å². The molecule has 1 atom stereocenters. The lowest BCUT2D eigenvalue weighted by molar-refractivity contribution is -0.0333. The molecule has 1 saturated carbocycles. The highest BCUT2D eigenvalue weighted by Crippen LogP contribution is 2.40. The molecule has 1 aliphatic carbocycles. The second kappa shape index (κ2) is 10.5. The van der Waals surface area contributed by atoms with Crippen molar-refractivity contribution in [3.05, 3.63) is 64.1 Å². The second-order valence-corrected chi connectivity index (χ2v) is 10.2. The molecule has 1 aliphatic heterocycles. The van der Waals surface area contributed by atoms with E-state index in [4.69, 9.17) is 4.74 Å². The van der Waals surface area contributed by atoms with Crippen LogP contribution in [-0.4, -0.2) is 53.7 Å². The first kappa shape index (κ1) is 22.8. The smallest absolute Gasteiger partial charge is 0.134 e. The summed E-state index contributed by atoms with van der Waals surface area (Å²) in [5.41, 5.74) is 1.89. The van der Waals surface area contributed by atoms with Crippen LogP contribution in [-0.2, 0) is 6.61 Å². The van der Waals surface area contributed by atoms with E-state index in [0.29, 0.717) is 6.61 Å². The highest BCUT2D eigenvalue weighted by molar-refractivity contribution is 9.10. The van der Waals surface area contributed by atoms with Crippen molar-refractivity contribution < 1.29 is 9.84 Å². The highest BCUT2D eigenvalue weighted by Gasteiger charge is 2.35. The van der Waals surface area contributed by atoms with E-state index in [9.17, 15) is 5.11 Å². The Kier molecular flexibility index (Phi) is 7.70. The molecule has 4 nitrogen and oxygen atoms in total. The third kappa shape index (κ3) is 6.10. The van der Waals surface area contributed by atoms with Gasteiger partial charge in [-0.3, -0.25) is 4.90 Å². The average molecular weight is 487 g/mol. The van der Waals surface area contributed by atoms with Crippen LogP contribution >= 0.6 is 15.9 Å². The molecule has 1 saturated heterocycles. The van der Waals surface area contributed by atoms with E-state index in [-0.39, 0.29) is 6.04 Å². The molecule has 2 aliphatic rings. The summed E-state index contributed by atoms with van der Waals surface area (Å²) in [5, 5.41) is 11.3. The van der Waals surface area contributed by atoms with Crippen LogP contribution in [0.5, 0.6) is 5.75 Å². The average Bonchev–Trinajstić information content (AvgIpc) is 2.78. The first-order valence-corrected chi connectivity index (χ1v) is 12.4. The number of hydrogen-bond donors (Lipinski definition) is 1. The van der Waals surface area contributed by atoms with Gasteiger partial charge in [-0.25, -0.2) is 0 Å². The third-order valence-corrected chi connectivity index (χ3v) is 7.53. The fraction of sp³-hybridized carbons (Fsp3) is 0.538. The molecule has 2 fully saturated rings. The van der Waals surface area contributed by atoms with Crippen molar-refractivity contribution in [2.75, 3.05) is 33.2 Å². The summed E-state index contributed by atoms with van der Waals surface area (Å²) in [6, 6.07) is 17.0. The largest absolute Gasteiger partial charge is 0.488 e. The maximum absolute atomic E-state index is 11.3. The van der Waals surface area contributed by atoms with Gasteiger partial charge < -0.3 is 14.7 Å². The van der Waals surface area contributed by atoms with Crippen LogP contribution in [0.3, 0.4) is 0 Å². The van der Waals surface area contributed by atoms with Crippen LogP contribution in [0.2, 0.25) is 0 Å². The topological polar surface area (TPSA) is 35.9 Å². The zero-order valence-electron chi connectivity index (χ0n) is 18.6. The fourth-order valence-corrected chi connectivity index (χ4v) is 5.45. The maximum Gasteiger partial charge on any atom is 0.134 e. The zero-order chi connectivity index (χ0) is 21.7. The molecule has 31 heavy (non-hydrogen) atoms. The van der Waals surface area contributed by atoms with E-state index in [0.717, 1.165) is 74.1 Å². The number of likely N-dealkylation sites (N-methyl/N-ethyl adjacent to an activating group) is 1. The Morgan fingerprint density at radius 2 is 1.71 bits per heavy atom. The minimum absolute atomic E-state index is 0.233. The number of aliphatic hydroxyl groups is 1. The molecular formula is C26H35BrN2O2. The fourth-order valence-electron chi connectivity index (χ4n) is 4.94. The van der Waals surface area contributed by atoms with Crippen LogP contribution in [0.25, 0.3) is 0 Å². The first-order chi connectivity index (χ1) is 15.0. The molecule has 0 radical (unpaired) electrons. The summed E-state index contributed by atoms with van der Waals surface area (Å²) in [5.74, 6) is 0.862. The van der Waals surface area contributed by atoms with Gasteiger partial charge in [-0.05, 0) is 65.5 Å². The summed E-state index contributed by atoms with van der Waals surface area (Å²) in [7, 11) is 2.19. The molecule has 2 aromatic carbocycles. The molecule has 168 valence electrons. The number of benzene rings is 2. The summed E-state index contributed by atoms with van der Waals surface area (Å²) < 4.78 is 7.05. The second-order valence-electron chi connectivity index (χ2n) is 9.31. The SMILES string of the molecule is CN1CCN([C@@H](CC2(O)CCCCC2)c2ccc(OCc3ccccc3)c(Br)c2)CC1. The van der Waals surface area contributed by atoms with E-state index in [1.165, 1.54) is 12.0 Å². The number of nitrogens with zero attached hydrogens (tertiary/aromatic N) is 2. The van der Waals surface area contributed by atoms with Gasteiger partial charge in [0.2, 0.25) is 0 Å². The minimum Gasteiger partial charge on any atom is -0.488 e. The summed E-state index contributed by atoms with van der Waals surface area (Å²) in [6.45, 7) is 4.80. The van der Waals surface area contributed by atoms with Crippen molar-refractivity contribution in [2.45, 2.75) is 56.8 Å². The first-order valence-electron chi connectivity index (χ1n) is 11.6. The molecule has 0 bridgehead atoms. The molecule has 2 aromatic rings. The van der Waals surface area contributed by atoms with Crippen LogP contribution in [0.1, 0.15) is 55.7 Å². The van der Waals surface area contributed by atoms with E-state index >= 15 is 0 Å². The van der Waals surface area contributed by atoms with Crippen molar-refractivity contribution in [3.8, 4) is 5.75 Å². The van der Waals surface area contributed by atoms with Gasteiger partial charge in [-0.1, -0.05) is 55.7 Å². The Morgan fingerprint density at radius 3 is 2.39 bits per heavy atom. The number of halogens is 1. The quantitative estimate of drug-likeness (QED) is 0.567. The Hall–Kier alpha value is -1.40. The lowest BCUT2D eigenvalue weighted by atomic mass is 9.79. The van der Waals surface area contributed by atoms with Gasteiger partial charge in [-0.2, -0.15) is 0 Å². The molecule has 0 unspecified atom stereocenters. The normalized spacial score (nSPS) is 21.0. The number of piperazine rings is 1. The van der Waals surface area contributed by atoms with Gasteiger partial charge in [-0.15, -0.1) is 0 Å². The van der Waals surface area contributed by atoms with Crippen molar-refractivity contribution in [2.24, 2.45) is 0 Å². The van der Waals surface area contributed by atoms with E-state index in [1.54, 1.807) is 0 Å². The van der Waals surface area contributed by atoms with E-state index < -0.39 is 5.60 Å². The molecule has 1 N–H and O–H groups in total. The summed E-state index contributed by atoms with van der Waals surface area (Å²) in [4.78, 5) is 4.96. The van der Waals surface area contributed by atoms with Crippen molar-refractivity contribution >= 4 is 15.9 Å². The Morgan fingerprint density at radius 1 is 1.00 bits per heavy atom. The van der Waals surface area contributed by atoms with Crippen LogP contribution in [0.15, 0.2) is 53.0 Å². The molecule has 4 rings (SSSR count). The van der Waals surface area contributed by atoms with E-state index in [2.05, 4.69) is 63.1 Å². The molecular weight excluding hydrogens is 452 g/mol. The predicted octanol–water partition coefficient (Wildman–Crippen LogP) is 5.40. The lowest BCUT2D eigenvalue weighted by Crippen LogP contribution is -2.48. The predicted molar refractivity (Wildman–Crippen MR) is 129 cm³/mol. The molecule has 0 aromatic heterocycles. The van der Waals surface area contributed by atoms with Crippen LogP contribution in [0, 0.1) is 0 Å². The van der Waals surface area contributed by atoms with Gasteiger partial charge in [0.05, 0.1) is 10.1 Å². The lowest BCUT2D eigenvalue weighted by Gasteiger charge is -2.43. The van der Waals surface area contributed by atoms with Crippen LogP contribution in [0.4, 0.5) is 0 Å².